The highest BCUT2D eigenvalue weighted by molar-refractivity contribution is 5.80. The Kier molecular flexibility index (Phi) is 7.48. The summed E-state index contributed by atoms with van der Waals surface area (Å²) in [6, 6.07) is 0.765. The van der Waals surface area contributed by atoms with Gasteiger partial charge < -0.3 is 14.8 Å². The number of hydrogen-bond acceptors (Lipinski definition) is 5. The first kappa shape index (κ1) is 17.4. The molecular formula is C15H30N2O3. The van der Waals surface area contributed by atoms with Crippen LogP contribution in [0.3, 0.4) is 0 Å². The Morgan fingerprint density at radius 1 is 1.30 bits per heavy atom. The predicted octanol–water partition coefficient (Wildman–Crippen LogP) is 1.42. The van der Waals surface area contributed by atoms with Crippen molar-refractivity contribution in [3.8, 4) is 0 Å². The van der Waals surface area contributed by atoms with Gasteiger partial charge in [0.25, 0.3) is 0 Å². The van der Waals surface area contributed by atoms with Crippen LogP contribution < -0.4 is 5.32 Å². The second-order valence-electron chi connectivity index (χ2n) is 5.79. The number of nitrogens with zero attached hydrogens (tertiary/aromatic N) is 1. The van der Waals surface area contributed by atoms with Crippen molar-refractivity contribution in [2.45, 2.75) is 50.6 Å². The summed E-state index contributed by atoms with van der Waals surface area (Å²) in [5.41, 5.74) is -0.564. The van der Waals surface area contributed by atoms with Crippen molar-refractivity contribution in [2.75, 3.05) is 41.0 Å². The fourth-order valence-corrected chi connectivity index (χ4v) is 2.47. The van der Waals surface area contributed by atoms with E-state index in [1.165, 1.54) is 20.0 Å². The van der Waals surface area contributed by atoms with E-state index in [-0.39, 0.29) is 5.97 Å². The number of likely N-dealkylation sites (N-methyl/N-ethyl adjacent to an activating group) is 1. The zero-order valence-electron chi connectivity index (χ0n) is 13.4. The summed E-state index contributed by atoms with van der Waals surface area (Å²) in [7, 11) is 5.00. The minimum Gasteiger partial charge on any atom is -0.468 e. The lowest BCUT2D eigenvalue weighted by Crippen LogP contribution is -2.48. The van der Waals surface area contributed by atoms with E-state index in [0.29, 0.717) is 0 Å². The molecule has 1 aliphatic rings. The molecule has 1 aliphatic carbocycles. The van der Waals surface area contributed by atoms with Crippen molar-refractivity contribution in [2.24, 2.45) is 0 Å². The maximum Gasteiger partial charge on any atom is 0.325 e. The van der Waals surface area contributed by atoms with E-state index >= 15 is 0 Å². The number of hydrogen-bond donors (Lipinski definition) is 1. The predicted molar refractivity (Wildman–Crippen MR) is 79.8 cm³/mol. The highest BCUT2D eigenvalue weighted by Crippen LogP contribution is 2.27. The number of rotatable bonds is 11. The van der Waals surface area contributed by atoms with Crippen molar-refractivity contribution < 1.29 is 14.3 Å². The Morgan fingerprint density at radius 2 is 2.00 bits per heavy atom. The fourth-order valence-electron chi connectivity index (χ4n) is 2.47. The van der Waals surface area contributed by atoms with Gasteiger partial charge >= 0.3 is 5.97 Å². The third-order valence-electron chi connectivity index (χ3n) is 4.21. The molecule has 0 aromatic rings. The van der Waals surface area contributed by atoms with Gasteiger partial charge in [-0.15, -0.1) is 0 Å². The number of methoxy groups -OCH3 is 2. The molecule has 1 N–H and O–H groups in total. The third kappa shape index (κ3) is 5.38. The van der Waals surface area contributed by atoms with Crippen LogP contribution in [0, 0.1) is 0 Å². The highest BCUT2D eigenvalue weighted by atomic mass is 16.5. The zero-order chi connectivity index (χ0) is 15.0. The van der Waals surface area contributed by atoms with E-state index < -0.39 is 5.54 Å². The second-order valence-corrected chi connectivity index (χ2v) is 5.79. The van der Waals surface area contributed by atoms with Crippen molar-refractivity contribution in [3.63, 3.8) is 0 Å². The van der Waals surface area contributed by atoms with E-state index in [1.54, 1.807) is 7.11 Å². The molecule has 1 unspecified atom stereocenters. The van der Waals surface area contributed by atoms with Crippen LogP contribution in [-0.4, -0.2) is 63.4 Å². The Balaban J connectivity index is 2.26. The number of ether oxygens (including phenoxy) is 2. The van der Waals surface area contributed by atoms with Gasteiger partial charge in [0.15, 0.2) is 0 Å². The first-order chi connectivity index (χ1) is 9.57. The number of carbonyl (C=O) groups excluding carboxylic acids is 1. The monoisotopic (exact) mass is 286 g/mol. The van der Waals surface area contributed by atoms with Crippen LogP contribution in [0.15, 0.2) is 0 Å². The smallest absolute Gasteiger partial charge is 0.325 e. The van der Waals surface area contributed by atoms with Gasteiger partial charge in [0, 0.05) is 19.7 Å². The Hall–Kier alpha value is -0.650. The van der Waals surface area contributed by atoms with Gasteiger partial charge in [-0.05, 0) is 52.6 Å². The van der Waals surface area contributed by atoms with Crippen LogP contribution in [-0.2, 0) is 14.3 Å². The molecule has 0 radical (unpaired) electrons. The molecule has 0 heterocycles. The summed E-state index contributed by atoms with van der Waals surface area (Å²) < 4.78 is 10.0. The Bertz CT molecular complexity index is 295. The van der Waals surface area contributed by atoms with Gasteiger partial charge in [0.2, 0.25) is 0 Å². The van der Waals surface area contributed by atoms with E-state index in [9.17, 15) is 4.79 Å². The van der Waals surface area contributed by atoms with Crippen molar-refractivity contribution >= 4 is 5.97 Å². The van der Waals surface area contributed by atoms with Crippen LogP contribution in [0.1, 0.15) is 39.0 Å². The Labute approximate surface area is 123 Å². The molecule has 1 saturated carbocycles. The maximum absolute atomic E-state index is 11.7. The lowest BCUT2D eigenvalue weighted by molar-refractivity contribution is -0.148. The van der Waals surface area contributed by atoms with Gasteiger partial charge in [-0.1, -0.05) is 0 Å². The molecule has 0 spiro atoms. The average molecular weight is 286 g/mol. The summed E-state index contributed by atoms with van der Waals surface area (Å²) in [5.74, 6) is -0.182. The van der Waals surface area contributed by atoms with Gasteiger partial charge in [-0.3, -0.25) is 9.69 Å². The first-order valence-corrected chi connectivity index (χ1v) is 7.57. The number of esters is 1. The molecule has 5 nitrogen and oxygen atoms in total. The van der Waals surface area contributed by atoms with Crippen LogP contribution in [0.5, 0.6) is 0 Å². The molecule has 118 valence electrons. The zero-order valence-corrected chi connectivity index (χ0v) is 13.4. The van der Waals surface area contributed by atoms with E-state index in [2.05, 4.69) is 10.2 Å². The first-order valence-electron chi connectivity index (χ1n) is 7.57. The lowest BCUT2D eigenvalue weighted by atomic mass is 9.95. The van der Waals surface area contributed by atoms with Crippen LogP contribution in [0.4, 0.5) is 0 Å². The van der Waals surface area contributed by atoms with E-state index in [1.807, 2.05) is 14.0 Å². The highest BCUT2D eigenvalue weighted by Gasteiger charge is 2.32. The Morgan fingerprint density at radius 3 is 2.50 bits per heavy atom. The molecule has 0 saturated heterocycles. The molecule has 5 heteroatoms. The molecule has 1 fully saturated rings. The van der Waals surface area contributed by atoms with Crippen molar-refractivity contribution in [1.82, 2.24) is 10.2 Å². The standard InChI is InChI=1S/C15H30N2O3/c1-15(16-2,14(18)20-4)9-5-6-10-17(11-12-19-3)13-7-8-13/h13,16H,5-12H2,1-4H3. The molecule has 1 rings (SSSR count). The van der Waals surface area contributed by atoms with Crippen LogP contribution in [0.25, 0.3) is 0 Å². The van der Waals surface area contributed by atoms with Gasteiger partial charge in [-0.25, -0.2) is 0 Å². The van der Waals surface area contributed by atoms with Crippen LogP contribution >= 0.6 is 0 Å². The average Bonchev–Trinajstić information content (AvgIpc) is 3.29. The van der Waals surface area contributed by atoms with E-state index in [0.717, 1.165) is 45.0 Å². The molecular weight excluding hydrogens is 256 g/mol. The maximum atomic E-state index is 11.7. The molecule has 0 aromatic heterocycles. The molecule has 0 aliphatic heterocycles. The number of nitrogens with one attached hydrogen (secondary N) is 1. The fraction of sp³-hybridized carbons (Fsp3) is 0.933. The van der Waals surface area contributed by atoms with Crippen molar-refractivity contribution in [1.29, 1.82) is 0 Å². The lowest BCUT2D eigenvalue weighted by Gasteiger charge is -2.27. The third-order valence-corrected chi connectivity index (χ3v) is 4.21. The quantitative estimate of drug-likeness (QED) is 0.460. The van der Waals surface area contributed by atoms with Gasteiger partial charge in [0.1, 0.15) is 5.54 Å². The number of carbonyl (C=O) groups is 1. The minimum absolute atomic E-state index is 0.182. The van der Waals surface area contributed by atoms with E-state index in [4.69, 9.17) is 9.47 Å². The summed E-state index contributed by atoms with van der Waals surface area (Å²) in [5, 5.41) is 3.08. The van der Waals surface area contributed by atoms with Gasteiger partial charge in [-0.2, -0.15) is 0 Å². The summed E-state index contributed by atoms with van der Waals surface area (Å²) in [6.45, 7) is 4.81. The number of unbranched alkanes of at least 4 members (excludes halogenated alkanes) is 1. The molecule has 1 atom stereocenters. The molecule has 20 heavy (non-hydrogen) atoms. The second kappa shape index (κ2) is 8.60. The summed E-state index contributed by atoms with van der Waals surface area (Å²) in [4.78, 5) is 14.3. The normalized spacial score (nSPS) is 18.1. The topological polar surface area (TPSA) is 50.8 Å². The summed E-state index contributed by atoms with van der Waals surface area (Å²) in [6.07, 6.45) is 5.57. The SMILES string of the molecule is CNC(C)(CCCCN(CCOC)C1CC1)C(=O)OC. The molecule has 0 amide bonds. The minimum atomic E-state index is -0.564. The summed E-state index contributed by atoms with van der Waals surface area (Å²) >= 11 is 0. The molecule has 0 bridgehead atoms. The largest absolute Gasteiger partial charge is 0.468 e. The van der Waals surface area contributed by atoms with Gasteiger partial charge in [0.05, 0.1) is 13.7 Å². The van der Waals surface area contributed by atoms with Crippen LogP contribution in [0.2, 0.25) is 0 Å². The molecule has 0 aromatic carbocycles. The van der Waals surface area contributed by atoms with Crippen molar-refractivity contribution in [3.05, 3.63) is 0 Å².